The molecule has 0 saturated heterocycles. The second kappa shape index (κ2) is 8.22. The number of amides is 1. The molecule has 5 nitrogen and oxygen atoms in total. The molecule has 0 aliphatic heterocycles. The molecule has 0 aliphatic rings. The quantitative estimate of drug-likeness (QED) is 0.429. The van der Waals surface area contributed by atoms with Crippen LogP contribution in [0.25, 0.3) is 10.8 Å². The van der Waals surface area contributed by atoms with Gasteiger partial charge in [-0.2, -0.15) is 21.6 Å². The summed E-state index contributed by atoms with van der Waals surface area (Å²) in [5.74, 6) is -0.896. The van der Waals surface area contributed by atoms with Gasteiger partial charge in [-0.05, 0) is 60.4 Å². The molecule has 3 rings (SSSR count). The first-order valence-corrected chi connectivity index (χ1v) is 10.7. The molecule has 0 aliphatic carbocycles. The Bertz CT molecular complexity index is 1220. The van der Waals surface area contributed by atoms with Gasteiger partial charge >= 0.3 is 15.6 Å². The number of carbonyl (C=O) groups excluding carboxylic acids is 1. The van der Waals surface area contributed by atoms with Crippen LogP contribution in [0.15, 0.2) is 54.6 Å². The minimum atomic E-state index is -5.81. The number of hydrogen-bond acceptors (Lipinski definition) is 4. The standard InChI is InChI=1S/C22H20F3NO4S/c1-13-11-17(12-14(2)20(13)30-31(28,29)22(23,24)25)21(27)26-15(3)18-10-6-8-16-7-4-5-9-19(16)18/h4-12,15H,1-3H3,(H,26,27). The predicted molar refractivity (Wildman–Crippen MR) is 111 cm³/mol. The van der Waals surface area contributed by atoms with Crippen LogP contribution < -0.4 is 9.50 Å². The molecular weight excluding hydrogens is 431 g/mol. The molecule has 0 bridgehead atoms. The molecule has 0 saturated carbocycles. The molecule has 1 unspecified atom stereocenters. The SMILES string of the molecule is Cc1cc(C(=O)NC(C)c2cccc3ccccc23)cc(C)c1OS(=O)(=O)C(F)(F)F. The van der Waals surface area contributed by atoms with E-state index in [0.29, 0.717) is 0 Å². The van der Waals surface area contributed by atoms with Crippen molar-refractivity contribution in [2.75, 3.05) is 0 Å². The van der Waals surface area contributed by atoms with Crippen LogP contribution in [0.1, 0.15) is 40.0 Å². The molecule has 3 aromatic rings. The molecule has 0 spiro atoms. The lowest BCUT2D eigenvalue weighted by molar-refractivity contribution is -0.0500. The Balaban J connectivity index is 1.86. The van der Waals surface area contributed by atoms with E-state index < -0.39 is 27.3 Å². The predicted octanol–water partition coefficient (Wildman–Crippen LogP) is 5.18. The van der Waals surface area contributed by atoms with Crippen molar-refractivity contribution in [2.24, 2.45) is 0 Å². The summed E-state index contributed by atoms with van der Waals surface area (Å²) in [5, 5.41) is 4.89. The van der Waals surface area contributed by atoms with Gasteiger partial charge in [-0.1, -0.05) is 42.5 Å². The Morgan fingerprint density at radius 2 is 1.58 bits per heavy atom. The fourth-order valence-corrected chi connectivity index (χ4v) is 3.93. The van der Waals surface area contributed by atoms with E-state index in [0.717, 1.165) is 16.3 Å². The van der Waals surface area contributed by atoms with Crippen LogP contribution in [0.4, 0.5) is 13.2 Å². The van der Waals surface area contributed by atoms with Crippen molar-refractivity contribution in [3.8, 4) is 5.75 Å². The minimum absolute atomic E-state index is 0.0933. The van der Waals surface area contributed by atoms with E-state index in [1.165, 1.54) is 26.0 Å². The molecule has 9 heteroatoms. The van der Waals surface area contributed by atoms with E-state index in [1.807, 2.05) is 49.4 Å². The van der Waals surface area contributed by atoms with Crippen molar-refractivity contribution in [1.82, 2.24) is 5.32 Å². The summed E-state index contributed by atoms with van der Waals surface area (Å²) in [7, 11) is -5.81. The van der Waals surface area contributed by atoms with Crippen molar-refractivity contribution in [2.45, 2.75) is 32.3 Å². The highest BCUT2D eigenvalue weighted by Crippen LogP contribution is 2.32. The zero-order chi connectivity index (χ0) is 23.0. The first-order chi connectivity index (χ1) is 14.4. The van der Waals surface area contributed by atoms with Crippen molar-refractivity contribution in [1.29, 1.82) is 0 Å². The van der Waals surface area contributed by atoms with E-state index in [1.54, 1.807) is 0 Å². The Hall–Kier alpha value is -3.07. The summed E-state index contributed by atoms with van der Waals surface area (Å²) in [6, 6.07) is 15.7. The number of alkyl halides is 3. The Morgan fingerprint density at radius 3 is 2.19 bits per heavy atom. The van der Waals surface area contributed by atoms with Gasteiger partial charge in [0.1, 0.15) is 5.75 Å². The normalized spacial score (nSPS) is 13.1. The molecule has 31 heavy (non-hydrogen) atoms. The molecule has 0 fully saturated rings. The van der Waals surface area contributed by atoms with E-state index >= 15 is 0 Å². The smallest absolute Gasteiger partial charge is 0.375 e. The van der Waals surface area contributed by atoms with Crippen LogP contribution in [-0.2, 0) is 10.1 Å². The van der Waals surface area contributed by atoms with Crippen LogP contribution in [0.5, 0.6) is 5.75 Å². The summed E-state index contributed by atoms with van der Waals surface area (Å²) in [6.07, 6.45) is 0. The number of fused-ring (bicyclic) bond motifs is 1. The molecule has 0 radical (unpaired) electrons. The Labute approximate surface area is 178 Å². The number of benzene rings is 3. The van der Waals surface area contributed by atoms with Gasteiger partial charge in [0, 0.05) is 5.56 Å². The van der Waals surface area contributed by atoms with Gasteiger partial charge < -0.3 is 9.50 Å². The molecule has 1 N–H and O–H groups in total. The molecule has 0 heterocycles. The van der Waals surface area contributed by atoms with Crippen LogP contribution in [0.2, 0.25) is 0 Å². The van der Waals surface area contributed by atoms with E-state index in [4.69, 9.17) is 0 Å². The van der Waals surface area contributed by atoms with Crippen LogP contribution in [-0.4, -0.2) is 19.8 Å². The molecule has 3 aromatic carbocycles. The third-order valence-electron chi connectivity index (χ3n) is 4.84. The van der Waals surface area contributed by atoms with Crippen LogP contribution >= 0.6 is 0 Å². The van der Waals surface area contributed by atoms with Gasteiger partial charge in [0.25, 0.3) is 5.91 Å². The summed E-state index contributed by atoms with van der Waals surface area (Å²) in [6.45, 7) is 4.57. The van der Waals surface area contributed by atoms with Gasteiger partial charge in [-0.15, -0.1) is 0 Å². The maximum Gasteiger partial charge on any atom is 0.534 e. The van der Waals surface area contributed by atoms with Crippen molar-refractivity contribution in [3.05, 3.63) is 76.9 Å². The summed E-state index contributed by atoms with van der Waals surface area (Å²) < 4.78 is 64.8. The monoisotopic (exact) mass is 451 g/mol. The molecule has 164 valence electrons. The average molecular weight is 451 g/mol. The number of nitrogens with one attached hydrogen (secondary N) is 1. The van der Waals surface area contributed by atoms with E-state index in [-0.39, 0.29) is 22.7 Å². The second-order valence-corrected chi connectivity index (χ2v) is 8.72. The number of rotatable bonds is 5. The molecule has 1 amide bonds. The van der Waals surface area contributed by atoms with Gasteiger partial charge in [0.15, 0.2) is 0 Å². The van der Waals surface area contributed by atoms with Crippen LogP contribution in [0, 0.1) is 13.8 Å². The number of carbonyl (C=O) groups is 1. The highest BCUT2D eigenvalue weighted by molar-refractivity contribution is 7.88. The molecule has 0 aromatic heterocycles. The van der Waals surface area contributed by atoms with Crippen molar-refractivity contribution < 1.29 is 30.6 Å². The first kappa shape index (κ1) is 22.6. The van der Waals surface area contributed by atoms with Gasteiger partial charge in [0.05, 0.1) is 6.04 Å². The highest BCUT2D eigenvalue weighted by atomic mass is 32.2. The summed E-state index contributed by atoms with van der Waals surface area (Å²) >= 11 is 0. The number of aryl methyl sites for hydroxylation is 2. The van der Waals surface area contributed by atoms with E-state index in [9.17, 15) is 26.4 Å². The Morgan fingerprint density at radius 1 is 1.00 bits per heavy atom. The fourth-order valence-electron chi connectivity index (χ4n) is 3.36. The third kappa shape index (κ3) is 4.66. The highest BCUT2D eigenvalue weighted by Gasteiger charge is 2.49. The third-order valence-corrected chi connectivity index (χ3v) is 5.79. The minimum Gasteiger partial charge on any atom is -0.375 e. The van der Waals surface area contributed by atoms with Crippen LogP contribution in [0.3, 0.4) is 0 Å². The largest absolute Gasteiger partial charge is 0.534 e. The lowest BCUT2D eigenvalue weighted by Crippen LogP contribution is -2.29. The fraction of sp³-hybridized carbons (Fsp3) is 0.227. The van der Waals surface area contributed by atoms with Gasteiger partial charge in [0.2, 0.25) is 0 Å². The lowest BCUT2D eigenvalue weighted by Gasteiger charge is -2.18. The zero-order valence-corrected chi connectivity index (χ0v) is 17.8. The topological polar surface area (TPSA) is 72.5 Å². The maximum absolute atomic E-state index is 12.8. The maximum atomic E-state index is 12.8. The second-order valence-electron chi connectivity index (χ2n) is 7.19. The van der Waals surface area contributed by atoms with Crippen molar-refractivity contribution in [3.63, 3.8) is 0 Å². The van der Waals surface area contributed by atoms with Gasteiger partial charge in [-0.25, -0.2) is 0 Å². The number of halogens is 3. The number of hydrogen-bond donors (Lipinski definition) is 1. The molecular formula is C22H20F3NO4S. The van der Waals surface area contributed by atoms with Crippen molar-refractivity contribution >= 4 is 26.8 Å². The lowest BCUT2D eigenvalue weighted by atomic mass is 9.99. The average Bonchev–Trinajstić information content (AvgIpc) is 2.69. The summed E-state index contributed by atoms with van der Waals surface area (Å²) in [4.78, 5) is 12.8. The Kier molecular flexibility index (Phi) is 6.00. The zero-order valence-electron chi connectivity index (χ0n) is 16.9. The molecule has 1 atom stereocenters. The summed E-state index contributed by atoms with van der Waals surface area (Å²) in [5.41, 5.74) is -4.27. The van der Waals surface area contributed by atoms with Gasteiger partial charge in [-0.3, -0.25) is 4.79 Å². The first-order valence-electron chi connectivity index (χ1n) is 9.31. The van der Waals surface area contributed by atoms with E-state index in [2.05, 4.69) is 9.50 Å².